The first-order valence-electron chi connectivity index (χ1n) is 5.89. The summed E-state index contributed by atoms with van der Waals surface area (Å²) in [4.78, 5) is 0.146. The second-order valence-corrected chi connectivity index (χ2v) is 6.34. The lowest BCUT2D eigenvalue weighted by atomic mass is 10.2. The van der Waals surface area contributed by atoms with E-state index in [1.165, 1.54) is 12.1 Å². The van der Waals surface area contributed by atoms with Crippen molar-refractivity contribution in [3.63, 3.8) is 0 Å². The van der Waals surface area contributed by atoms with Crippen molar-refractivity contribution < 1.29 is 13.2 Å². The van der Waals surface area contributed by atoms with Crippen molar-refractivity contribution >= 4 is 21.6 Å². The molecule has 0 aliphatic heterocycles. The highest BCUT2D eigenvalue weighted by atomic mass is 35.5. The largest absolute Gasteiger partial charge is 0.497 e. The van der Waals surface area contributed by atoms with Crippen molar-refractivity contribution in [2.75, 3.05) is 7.11 Å². The molecule has 0 aliphatic rings. The summed E-state index contributed by atoms with van der Waals surface area (Å²) in [5, 5.41) is 0.384. The molecule has 0 heterocycles. The molecule has 0 atom stereocenters. The molecule has 0 unspecified atom stereocenters. The predicted octanol–water partition coefficient (Wildman–Crippen LogP) is 2.83. The molecule has 0 spiro atoms. The number of hydrogen-bond acceptors (Lipinski definition) is 3. The van der Waals surface area contributed by atoms with Gasteiger partial charge < -0.3 is 4.74 Å². The third kappa shape index (κ3) is 3.72. The lowest BCUT2D eigenvalue weighted by Gasteiger charge is -2.08. The van der Waals surface area contributed by atoms with E-state index in [1.54, 1.807) is 31.4 Å². The Balaban J connectivity index is 2.13. The zero-order valence-electron chi connectivity index (χ0n) is 10.8. The predicted molar refractivity (Wildman–Crippen MR) is 78.5 cm³/mol. The monoisotopic (exact) mass is 311 g/mol. The number of hydrogen-bond donors (Lipinski definition) is 1. The minimum atomic E-state index is -3.58. The molecule has 0 aliphatic carbocycles. The van der Waals surface area contributed by atoms with Crippen LogP contribution in [-0.4, -0.2) is 15.5 Å². The maximum absolute atomic E-state index is 12.1. The molecule has 106 valence electrons. The van der Waals surface area contributed by atoms with Crippen LogP contribution in [0.2, 0.25) is 5.02 Å². The van der Waals surface area contributed by atoms with Crippen LogP contribution in [0.4, 0.5) is 0 Å². The fourth-order valence-electron chi connectivity index (χ4n) is 1.68. The van der Waals surface area contributed by atoms with Crippen molar-refractivity contribution in [1.82, 2.24) is 4.72 Å². The van der Waals surface area contributed by atoms with Crippen LogP contribution in [0.3, 0.4) is 0 Å². The summed E-state index contributed by atoms with van der Waals surface area (Å²) in [6, 6.07) is 13.3. The van der Waals surface area contributed by atoms with Gasteiger partial charge in [0.05, 0.1) is 12.0 Å². The van der Waals surface area contributed by atoms with Gasteiger partial charge in [-0.05, 0) is 35.9 Å². The summed E-state index contributed by atoms with van der Waals surface area (Å²) in [7, 11) is -2.01. The van der Waals surface area contributed by atoms with Gasteiger partial charge in [0.1, 0.15) is 5.75 Å². The fraction of sp³-hybridized carbons (Fsp3) is 0.143. The molecule has 0 saturated carbocycles. The first kappa shape index (κ1) is 14.8. The second-order valence-electron chi connectivity index (χ2n) is 4.13. The number of methoxy groups -OCH3 is 1. The fourth-order valence-corrected chi connectivity index (χ4v) is 3.00. The van der Waals surface area contributed by atoms with E-state index >= 15 is 0 Å². The van der Waals surface area contributed by atoms with Crippen LogP contribution in [0.15, 0.2) is 53.4 Å². The number of nitrogens with one attached hydrogen (secondary N) is 1. The van der Waals surface area contributed by atoms with Gasteiger partial charge in [0, 0.05) is 11.6 Å². The van der Waals surface area contributed by atoms with E-state index in [4.69, 9.17) is 16.3 Å². The van der Waals surface area contributed by atoms with E-state index in [0.29, 0.717) is 10.8 Å². The van der Waals surface area contributed by atoms with Crippen LogP contribution >= 0.6 is 11.6 Å². The normalized spacial score (nSPS) is 11.3. The molecule has 6 heteroatoms. The molecule has 0 bridgehead atoms. The number of benzene rings is 2. The molecule has 4 nitrogen and oxygen atoms in total. The Bertz CT molecular complexity index is 701. The van der Waals surface area contributed by atoms with Gasteiger partial charge in [-0.1, -0.05) is 29.8 Å². The van der Waals surface area contributed by atoms with Crippen LogP contribution in [0, 0.1) is 0 Å². The Morgan fingerprint density at radius 3 is 2.60 bits per heavy atom. The summed E-state index contributed by atoms with van der Waals surface area (Å²) in [6.45, 7) is 0.187. The highest BCUT2D eigenvalue weighted by Crippen LogP contribution is 2.16. The van der Waals surface area contributed by atoms with Gasteiger partial charge in [0.25, 0.3) is 0 Å². The van der Waals surface area contributed by atoms with Crippen molar-refractivity contribution in [3.8, 4) is 5.75 Å². The lowest BCUT2D eigenvalue weighted by molar-refractivity contribution is 0.414. The number of rotatable bonds is 5. The van der Waals surface area contributed by atoms with E-state index < -0.39 is 10.0 Å². The molecule has 20 heavy (non-hydrogen) atoms. The Morgan fingerprint density at radius 1 is 1.15 bits per heavy atom. The molecule has 2 aromatic carbocycles. The quantitative estimate of drug-likeness (QED) is 0.924. The van der Waals surface area contributed by atoms with Crippen LogP contribution in [-0.2, 0) is 16.6 Å². The Kier molecular flexibility index (Phi) is 4.65. The van der Waals surface area contributed by atoms with E-state index in [1.807, 2.05) is 12.1 Å². The molecule has 0 aromatic heterocycles. The van der Waals surface area contributed by atoms with Gasteiger partial charge in [-0.2, -0.15) is 0 Å². The molecular formula is C14H14ClNO3S. The van der Waals surface area contributed by atoms with Crippen molar-refractivity contribution in [2.24, 2.45) is 0 Å². The van der Waals surface area contributed by atoms with Gasteiger partial charge in [-0.25, -0.2) is 13.1 Å². The second kappa shape index (κ2) is 6.26. The maximum Gasteiger partial charge on any atom is 0.240 e. The van der Waals surface area contributed by atoms with E-state index in [-0.39, 0.29) is 11.4 Å². The van der Waals surface area contributed by atoms with Crippen LogP contribution < -0.4 is 9.46 Å². The maximum atomic E-state index is 12.1. The molecule has 1 N–H and O–H groups in total. The van der Waals surface area contributed by atoms with Crippen molar-refractivity contribution in [2.45, 2.75) is 11.4 Å². The summed E-state index contributed by atoms with van der Waals surface area (Å²) < 4.78 is 31.8. The van der Waals surface area contributed by atoms with Crippen LogP contribution in [0.5, 0.6) is 5.75 Å². The minimum absolute atomic E-state index is 0.146. The average Bonchev–Trinajstić information content (AvgIpc) is 2.45. The zero-order valence-corrected chi connectivity index (χ0v) is 12.4. The van der Waals surface area contributed by atoms with Crippen LogP contribution in [0.1, 0.15) is 5.56 Å². The molecule has 2 aromatic rings. The van der Waals surface area contributed by atoms with Gasteiger partial charge in [-0.15, -0.1) is 0 Å². The number of sulfonamides is 1. The first-order valence-corrected chi connectivity index (χ1v) is 7.75. The summed E-state index contributed by atoms with van der Waals surface area (Å²) in [5.74, 6) is 0.685. The number of halogens is 1. The minimum Gasteiger partial charge on any atom is -0.497 e. The topological polar surface area (TPSA) is 55.4 Å². The summed E-state index contributed by atoms with van der Waals surface area (Å²) >= 11 is 5.80. The third-order valence-electron chi connectivity index (χ3n) is 2.71. The van der Waals surface area contributed by atoms with Gasteiger partial charge >= 0.3 is 0 Å². The molecule has 0 fully saturated rings. The van der Waals surface area contributed by atoms with Crippen LogP contribution in [0.25, 0.3) is 0 Å². The summed E-state index contributed by atoms with van der Waals surface area (Å²) in [6.07, 6.45) is 0. The first-order chi connectivity index (χ1) is 9.51. The van der Waals surface area contributed by atoms with E-state index in [9.17, 15) is 8.42 Å². The SMILES string of the molecule is COc1cccc(CNS(=O)(=O)c2cccc(Cl)c2)c1. The summed E-state index contributed by atoms with van der Waals surface area (Å²) in [5.41, 5.74) is 0.815. The average molecular weight is 312 g/mol. The number of ether oxygens (including phenoxy) is 1. The molecular weight excluding hydrogens is 298 g/mol. The Morgan fingerprint density at radius 2 is 1.90 bits per heavy atom. The molecule has 2 rings (SSSR count). The van der Waals surface area contributed by atoms with Crippen molar-refractivity contribution in [3.05, 3.63) is 59.1 Å². The Labute approximate surface area is 123 Å². The third-order valence-corrected chi connectivity index (χ3v) is 4.34. The van der Waals surface area contributed by atoms with Gasteiger partial charge in [-0.3, -0.25) is 0 Å². The van der Waals surface area contributed by atoms with Gasteiger partial charge in [0.2, 0.25) is 10.0 Å². The molecule has 0 amide bonds. The van der Waals surface area contributed by atoms with Gasteiger partial charge in [0.15, 0.2) is 0 Å². The Hall–Kier alpha value is -1.56. The highest BCUT2D eigenvalue weighted by molar-refractivity contribution is 7.89. The molecule has 0 radical (unpaired) electrons. The molecule has 0 saturated heterocycles. The smallest absolute Gasteiger partial charge is 0.240 e. The standard InChI is InChI=1S/C14H14ClNO3S/c1-19-13-6-2-4-11(8-13)10-16-20(17,18)14-7-3-5-12(15)9-14/h2-9,16H,10H2,1H3. The zero-order chi connectivity index (χ0) is 14.6. The lowest BCUT2D eigenvalue weighted by Crippen LogP contribution is -2.23. The highest BCUT2D eigenvalue weighted by Gasteiger charge is 2.13. The van der Waals surface area contributed by atoms with Crippen molar-refractivity contribution in [1.29, 1.82) is 0 Å². The van der Waals surface area contributed by atoms with E-state index in [2.05, 4.69) is 4.72 Å². The van der Waals surface area contributed by atoms with E-state index in [0.717, 1.165) is 5.56 Å².